The van der Waals surface area contributed by atoms with Crippen LogP contribution in [-0.4, -0.2) is 21.1 Å². The van der Waals surface area contributed by atoms with E-state index < -0.39 is 5.91 Å². The third-order valence-electron chi connectivity index (χ3n) is 3.59. The number of nitrogens with zero attached hydrogens (tertiary/aromatic N) is 2. The number of rotatable bonds is 5. The second-order valence-corrected chi connectivity index (χ2v) is 5.28. The Kier molecular flexibility index (Phi) is 4.74. The summed E-state index contributed by atoms with van der Waals surface area (Å²) in [4.78, 5) is 18.8. The van der Waals surface area contributed by atoms with Crippen molar-refractivity contribution in [2.24, 2.45) is 0 Å². The Labute approximate surface area is 143 Å². The number of hydroxylamine groups is 1. The van der Waals surface area contributed by atoms with Gasteiger partial charge in [-0.05, 0) is 35.9 Å². The third-order valence-corrected chi connectivity index (χ3v) is 3.59. The number of nitriles is 1. The molecule has 1 amide bonds. The number of benzene rings is 2. The van der Waals surface area contributed by atoms with Crippen molar-refractivity contribution in [1.29, 1.82) is 5.26 Å². The molecule has 4 N–H and O–H groups in total. The highest BCUT2D eigenvalue weighted by atomic mass is 16.5. The molecule has 3 aromatic rings. The normalized spacial score (nSPS) is 10.7. The van der Waals surface area contributed by atoms with Gasteiger partial charge in [0.05, 0.1) is 29.2 Å². The maximum atomic E-state index is 11.1. The van der Waals surface area contributed by atoms with Gasteiger partial charge < -0.3 is 10.3 Å². The van der Waals surface area contributed by atoms with Gasteiger partial charge in [-0.2, -0.15) is 5.26 Å². The second kappa shape index (κ2) is 7.29. The first kappa shape index (κ1) is 16.2. The molecule has 1 heterocycles. The first-order valence-electron chi connectivity index (χ1n) is 7.53. The van der Waals surface area contributed by atoms with Crippen molar-refractivity contribution >= 4 is 28.7 Å². The Morgan fingerprint density at radius 3 is 2.96 bits per heavy atom. The summed E-state index contributed by atoms with van der Waals surface area (Å²) in [5.41, 5.74) is 5.36. The predicted octanol–water partition coefficient (Wildman–Crippen LogP) is 2.57. The zero-order valence-electron chi connectivity index (χ0n) is 13.2. The molecule has 0 aliphatic carbocycles. The highest BCUT2D eigenvalue weighted by molar-refractivity contribution is 5.91. The lowest BCUT2D eigenvalue weighted by Crippen LogP contribution is -2.14. The summed E-state index contributed by atoms with van der Waals surface area (Å²) in [5, 5.41) is 20.7. The first-order valence-corrected chi connectivity index (χ1v) is 7.53. The van der Waals surface area contributed by atoms with E-state index in [1.54, 1.807) is 29.8 Å². The average Bonchev–Trinajstić information content (AvgIpc) is 3.06. The van der Waals surface area contributed by atoms with Crippen LogP contribution in [0.4, 0.5) is 5.69 Å². The lowest BCUT2D eigenvalue weighted by atomic mass is 10.1. The molecular weight excluding hydrogens is 318 g/mol. The number of aromatic nitrogens is 2. The number of nitrogens with one attached hydrogen (secondary N) is 3. The summed E-state index contributed by atoms with van der Waals surface area (Å²) in [6, 6.07) is 14.9. The lowest BCUT2D eigenvalue weighted by Gasteiger charge is -2.08. The van der Waals surface area contributed by atoms with E-state index in [2.05, 4.69) is 21.4 Å². The number of H-pyrrole nitrogens is 1. The highest BCUT2D eigenvalue weighted by Crippen LogP contribution is 2.18. The molecule has 0 aliphatic rings. The Hall–Kier alpha value is -3.63. The summed E-state index contributed by atoms with van der Waals surface area (Å²) in [5.74, 6) is 0.136. The summed E-state index contributed by atoms with van der Waals surface area (Å²) in [6.07, 6.45) is 2.84. The van der Waals surface area contributed by atoms with Crippen molar-refractivity contribution in [1.82, 2.24) is 15.4 Å². The van der Waals surface area contributed by atoms with Crippen LogP contribution in [0.25, 0.3) is 17.1 Å². The van der Waals surface area contributed by atoms with Gasteiger partial charge in [0, 0.05) is 11.8 Å². The van der Waals surface area contributed by atoms with Gasteiger partial charge in [-0.25, -0.2) is 10.5 Å². The molecule has 7 nitrogen and oxygen atoms in total. The van der Waals surface area contributed by atoms with Crippen molar-refractivity contribution in [3.05, 3.63) is 65.5 Å². The van der Waals surface area contributed by atoms with E-state index in [1.807, 2.05) is 24.3 Å². The average molecular weight is 333 g/mol. The van der Waals surface area contributed by atoms with E-state index in [1.165, 1.54) is 6.08 Å². The minimum absolute atomic E-state index is 0.452. The fourth-order valence-electron chi connectivity index (χ4n) is 2.40. The minimum atomic E-state index is -0.597. The van der Waals surface area contributed by atoms with Crippen molar-refractivity contribution in [2.75, 3.05) is 5.32 Å². The van der Waals surface area contributed by atoms with Gasteiger partial charge in [-0.1, -0.05) is 18.2 Å². The summed E-state index contributed by atoms with van der Waals surface area (Å²) < 4.78 is 0. The van der Waals surface area contributed by atoms with Crippen LogP contribution in [0.15, 0.2) is 48.5 Å². The molecule has 0 saturated carbocycles. The number of amides is 1. The Morgan fingerprint density at radius 2 is 2.16 bits per heavy atom. The van der Waals surface area contributed by atoms with E-state index in [4.69, 9.17) is 10.5 Å². The molecule has 124 valence electrons. The quantitative estimate of drug-likeness (QED) is 0.325. The molecule has 1 aromatic heterocycles. The summed E-state index contributed by atoms with van der Waals surface area (Å²) >= 11 is 0. The number of para-hydroxylation sites is 1. The van der Waals surface area contributed by atoms with Crippen molar-refractivity contribution < 1.29 is 10.0 Å². The lowest BCUT2D eigenvalue weighted by molar-refractivity contribution is -0.124. The molecule has 0 aliphatic heterocycles. The van der Waals surface area contributed by atoms with Crippen LogP contribution in [0.5, 0.6) is 0 Å². The molecule has 7 heteroatoms. The Balaban J connectivity index is 1.77. The van der Waals surface area contributed by atoms with Crippen LogP contribution in [0.3, 0.4) is 0 Å². The zero-order chi connectivity index (χ0) is 17.6. The number of imidazole rings is 1. The maximum Gasteiger partial charge on any atom is 0.267 e. The molecule has 2 aromatic carbocycles. The molecule has 25 heavy (non-hydrogen) atoms. The van der Waals surface area contributed by atoms with Gasteiger partial charge in [-0.15, -0.1) is 0 Å². The zero-order valence-corrected chi connectivity index (χ0v) is 13.2. The van der Waals surface area contributed by atoms with Crippen LogP contribution in [-0.2, 0) is 11.3 Å². The Morgan fingerprint density at radius 1 is 1.32 bits per heavy atom. The molecule has 0 unspecified atom stereocenters. The summed E-state index contributed by atoms with van der Waals surface area (Å²) in [7, 11) is 0. The van der Waals surface area contributed by atoms with Crippen molar-refractivity contribution in [3.63, 3.8) is 0 Å². The maximum absolute atomic E-state index is 11.1. The highest BCUT2D eigenvalue weighted by Gasteiger charge is 2.05. The monoisotopic (exact) mass is 333 g/mol. The summed E-state index contributed by atoms with van der Waals surface area (Å²) in [6.45, 7) is 0.452. The van der Waals surface area contributed by atoms with Crippen LogP contribution in [0.1, 0.15) is 17.0 Å². The number of hydrogen-bond acceptors (Lipinski definition) is 5. The molecule has 0 fully saturated rings. The molecule has 0 bridgehead atoms. The van der Waals surface area contributed by atoms with E-state index in [0.717, 1.165) is 28.1 Å². The van der Waals surface area contributed by atoms with Crippen LogP contribution >= 0.6 is 0 Å². The smallest absolute Gasteiger partial charge is 0.267 e. The first-order chi connectivity index (χ1) is 12.2. The largest absolute Gasteiger partial charge is 0.377 e. The fraction of sp³-hybridized carbons (Fsp3) is 0.0556. The van der Waals surface area contributed by atoms with E-state index >= 15 is 0 Å². The number of fused-ring (bicyclic) bond motifs is 1. The number of anilines is 1. The van der Waals surface area contributed by atoms with Gasteiger partial charge >= 0.3 is 0 Å². The van der Waals surface area contributed by atoms with E-state index in [-0.39, 0.29) is 0 Å². The van der Waals surface area contributed by atoms with Gasteiger partial charge in [0.1, 0.15) is 5.82 Å². The minimum Gasteiger partial charge on any atom is -0.377 e. The Bertz CT molecular complexity index is 985. The molecule has 0 saturated heterocycles. The SMILES string of the molecule is N#Cc1ccc2nc(CNc3ccccc3/C=C/C(=O)NO)[nH]c2c1. The molecule has 3 rings (SSSR count). The standard InChI is InChI=1S/C18H15N5O2/c19-10-12-5-7-15-16(9-12)22-17(21-15)11-20-14-4-2-1-3-13(14)6-8-18(24)23-25/h1-9,20,25H,11H2,(H,21,22)(H,23,24)/b8-6+. The van der Waals surface area contributed by atoms with Gasteiger partial charge in [0.15, 0.2) is 0 Å². The van der Waals surface area contributed by atoms with Crippen LogP contribution < -0.4 is 10.8 Å². The van der Waals surface area contributed by atoms with Gasteiger partial charge in [0.25, 0.3) is 5.91 Å². The number of hydrogen-bond donors (Lipinski definition) is 4. The molecule has 0 radical (unpaired) electrons. The predicted molar refractivity (Wildman–Crippen MR) is 93.5 cm³/mol. The molecular formula is C18H15N5O2. The van der Waals surface area contributed by atoms with Crippen LogP contribution in [0, 0.1) is 11.3 Å². The van der Waals surface area contributed by atoms with Crippen molar-refractivity contribution in [2.45, 2.75) is 6.54 Å². The van der Waals surface area contributed by atoms with Crippen LogP contribution in [0.2, 0.25) is 0 Å². The second-order valence-electron chi connectivity index (χ2n) is 5.28. The molecule has 0 spiro atoms. The fourth-order valence-corrected chi connectivity index (χ4v) is 2.40. The number of aromatic amines is 1. The van der Waals surface area contributed by atoms with Crippen molar-refractivity contribution in [3.8, 4) is 6.07 Å². The molecule has 0 atom stereocenters. The number of carbonyl (C=O) groups excluding carboxylic acids is 1. The van der Waals surface area contributed by atoms with E-state index in [0.29, 0.717) is 12.1 Å². The number of carbonyl (C=O) groups is 1. The topological polar surface area (TPSA) is 114 Å². The van der Waals surface area contributed by atoms with Gasteiger partial charge in [0.2, 0.25) is 0 Å². The van der Waals surface area contributed by atoms with Gasteiger partial charge in [-0.3, -0.25) is 10.0 Å². The third kappa shape index (κ3) is 3.83. The van der Waals surface area contributed by atoms with E-state index in [9.17, 15) is 4.79 Å².